The maximum Gasteiger partial charge on any atom is 0.335 e. The molecule has 9 heteroatoms. The fourth-order valence-electron chi connectivity index (χ4n) is 1.63. The molecule has 0 heterocycles. The highest BCUT2D eigenvalue weighted by Crippen LogP contribution is 2.32. The van der Waals surface area contributed by atoms with Gasteiger partial charge in [0, 0.05) is 0 Å². The molecule has 2 aromatic carbocycles. The van der Waals surface area contributed by atoms with Crippen LogP contribution in [0.1, 0.15) is 10.4 Å². The van der Waals surface area contributed by atoms with Gasteiger partial charge in [-0.05, 0) is 24.3 Å². The minimum Gasteiger partial charge on any atom is -0.478 e. The molecule has 0 unspecified atom stereocenters. The molecule has 0 saturated heterocycles. The number of anilines is 1. The van der Waals surface area contributed by atoms with Crippen molar-refractivity contribution in [2.75, 3.05) is 4.72 Å². The van der Waals surface area contributed by atoms with Crippen LogP contribution in [0.25, 0.3) is 0 Å². The van der Waals surface area contributed by atoms with Crippen LogP contribution in [0.15, 0.2) is 41.3 Å². The zero-order chi connectivity index (χ0) is 16.5. The number of carbonyl (C=O) groups is 1. The summed E-state index contributed by atoms with van der Waals surface area (Å²) in [5, 5.41) is 8.36. The van der Waals surface area contributed by atoms with Crippen LogP contribution in [0.4, 0.5) is 10.1 Å². The van der Waals surface area contributed by atoms with Gasteiger partial charge in [-0.1, -0.05) is 35.3 Å². The van der Waals surface area contributed by atoms with Gasteiger partial charge in [0.05, 0.1) is 21.3 Å². The van der Waals surface area contributed by atoms with Gasteiger partial charge in [-0.2, -0.15) is 0 Å². The predicted molar refractivity (Wildman–Crippen MR) is 80.6 cm³/mol. The number of carboxylic acids is 1. The highest BCUT2D eigenvalue weighted by atomic mass is 35.5. The first-order valence-electron chi connectivity index (χ1n) is 5.72. The van der Waals surface area contributed by atoms with Gasteiger partial charge < -0.3 is 5.11 Å². The molecule has 0 fully saturated rings. The largest absolute Gasteiger partial charge is 0.478 e. The number of carboxylic acid groups (broad SMARTS) is 1. The lowest BCUT2D eigenvalue weighted by Crippen LogP contribution is -2.15. The number of aromatic carboxylic acids is 1. The summed E-state index contributed by atoms with van der Waals surface area (Å²) in [7, 11) is -4.31. The van der Waals surface area contributed by atoms with E-state index in [2.05, 4.69) is 0 Å². The Kier molecular flexibility index (Phi) is 4.60. The molecule has 0 atom stereocenters. The second-order valence-corrected chi connectivity index (χ2v) is 6.60. The quantitative estimate of drug-likeness (QED) is 0.868. The van der Waals surface area contributed by atoms with E-state index in [1.807, 2.05) is 4.72 Å². The molecule has 0 aliphatic rings. The standard InChI is InChI=1S/C13H8Cl2FNO4S/c14-8-5-7(13(18)19)6-11(12(8)15)22(20,21)17-10-4-2-1-3-9(10)16/h1-6,17H,(H,18,19). The molecule has 2 N–H and O–H groups in total. The van der Waals surface area contributed by atoms with Gasteiger partial charge in [0.25, 0.3) is 10.0 Å². The lowest BCUT2D eigenvalue weighted by molar-refractivity contribution is 0.0696. The molecule has 0 aliphatic carbocycles. The number of halogens is 3. The van der Waals surface area contributed by atoms with Crippen molar-refractivity contribution in [3.8, 4) is 0 Å². The van der Waals surface area contributed by atoms with Crippen molar-refractivity contribution in [3.05, 3.63) is 57.8 Å². The average Bonchev–Trinajstić information content (AvgIpc) is 2.43. The molecular weight excluding hydrogens is 356 g/mol. The summed E-state index contributed by atoms with van der Waals surface area (Å²) in [4.78, 5) is 10.4. The molecular formula is C13H8Cl2FNO4S. The molecule has 0 radical (unpaired) electrons. The summed E-state index contributed by atoms with van der Waals surface area (Å²) in [6.45, 7) is 0. The number of benzene rings is 2. The number of nitrogens with one attached hydrogen (secondary N) is 1. The van der Waals surface area contributed by atoms with Gasteiger partial charge in [-0.25, -0.2) is 17.6 Å². The third-order valence-corrected chi connectivity index (χ3v) is 4.95. The molecule has 2 aromatic rings. The van der Waals surface area contributed by atoms with Gasteiger partial charge in [0.15, 0.2) is 0 Å². The number of para-hydroxylation sites is 1. The van der Waals surface area contributed by atoms with Gasteiger partial charge in [-0.15, -0.1) is 0 Å². The van der Waals surface area contributed by atoms with Crippen molar-refractivity contribution in [1.82, 2.24) is 0 Å². The van der Waals surface area contributed by atoms with Crippen LogP contribution in [0, 0.1) is 5.82 Å². The number of hydrogen-bond donors (Lipinski definition) is 2. The van der Waals surface area contributed by atoms with Crippen molar-refractivity contribution < 1.29 is 22.7 Å². The predicted octanol–water partition coefficient (Wildman–Crippen LogP) is 3.63. The van der Waals surface area contributed by atoms with E-state index in [0.29, 0.717) is 0 Å². The van der Waals surface area contributed by atoms with E-state index in [0.717, 1.165) is 18.2 Å². The highest BCUT2D eigenvalue weighted by molar-refractivity contribution is 7.92. The molecule has 116 valence electrons. The van der Waals surface area contributed by atoms with Gasteiger partial charge in [0.1, 0.15) is 10.7 Å². The molecule has 0 aromatic heterocycles. The summed E-state index contributed by atoms with van der Waals surface area (Å²) in [5.74, 6) is -2.16. The number of hydrogen-bond acceptors (Lipinski definition) is 3. The van der Waals surface area contributed by atoms with Crippen LogP contribution in [-0.4, -0.2) is 19.5 Å². The molecule has 0 saturated carbocycles. The van der Waals surface area contributed by atoms with E-state index in [1.54, 1.807) is 0 Å². The first kappa shape index (κ1) is 16.5. The van der Waals surface area contributed by atoms with Crippen molar-refractivity contribution in [2.45, 2.75) is 4.90 Å². The Morgan fingerprint density at radius 3 is 2.41 bits per heavy atom. The Bertz CT molecular complexity index is 855. The smallest absolute Gasteiger partial charge is 0.335 e. The third-order valence-electron chi connectivity index (χ3n) is 2.65. The van der Waals surface area contributed by atoms with Crippen LogP contribution >= 0.6 is 23.2 Å². The van der Waals surface area contributed by atoms with E-state index < -0.39 is 26.7 Å². The zero-order valence-electron chi connectivity index (χ0n) is 10.7. The van der Waals surface area contributed by atoms with Crippen molar-refractivity contribution in [2.24, 2.45) is 0 Å². The van der Waals surface area contributed by atoms with E-state index in [9.17, 15) is 17.6 Å². The van der Waals surface area contributed by atoms with Crippen molar-refractivity contribution in [3.63, 3.8) is 0 Å². The SMILES string of the molecule is O=C(O)c1cc(Cl)c(Cl)c(S(=O)(=O)Nc2ccccc2F)c1. The first-order valence-corrected chi connectivity index (χ1v) is 7.96. The Balaban J connectivity index is 2.54. The fraction of sp³-hybridized carbons (Fsp3) is 0. The van der Waals surface area contributed by atoms with Crippen LogP contribution < -0.4 is 4.72 Å². The molecule has 2 rings (SSSR count). The molecule has 0 spiro atoms. The normalized spacial score (nSPS) is 11.2. The Morgan fingerprint density at radius 2 is 1.82 bits per heavy atom. The topological polar surface area (TPSA) is 83.5 Å². The van der Waals surface area contributed by atoms with Gasteiger partial charge in [-0.3, -0.25) is 4.72 Å². The Morgan fingerprint density at radius 1 is 1.18 bits per heavy atom. The summed E-state index contributed by atoms with van der Waals surface area (Å²) < 4.78 is 40.1. The first-order chi connectivity index (χ1) is 10.2. The van der Waals surface area contributed by atoms with Gasteiger partial charge >= 0.3 is 5.97 Å². The van der Waals surface area contributed by atoms with Crippen LogP contribution in [0.5, 0.6) is 0 Å². The maximum absolute atomic E-state index is 13.5. The van der Waals surface area contributed by atoms with E-state index >= 15 is 0 Å². The number of rotatable bonds is 4. The second kappa shape index (κ2) is 6.12. The molecule has 0 bridgehead atoms. The lowest BCUT2D eigenvalue weighted by atomic mass is 10.2. The maximum atomic E-state index is 13.5. The minimum atomic E-state index is -4.31. The molecule has 22 heavy (non-hydrogen) atoms. The van der Waals surface area contributed by atoms with Crippen LogP contribution in [-0.2, 0) is 10.0 Å². The Hall–Kier alpha value is -1.83. The molecule has 0 aliphatic heterocycles. The second-order valence-electron chi connectivity index (χ2n) is 4.16. The van der Waals surface area contributed by atoms with Crippen LogP contribution in [0.3, 0.4) is 0 Å². The zero-order valence-corrected chi connectivity index (χ0v) is 13.0. The summed E-state index contributed by atoms with van der Waals surface area (Å²) >= 11 is 11.6. The lowest BCUT2D eigenvalue weighted by Gasteiger charge is -2.11. The number of sulfonamides is 1. The summed E-state index contributed by atoms with van der Waals surface area (Å²) in [6, 6.07) is 6.98. The Labute approximate surface area is 135 Å². The molecule has 0 amide bonds. The van der Waals surface area contributed by atoms with E-state index in [1.165, 1.54) is 18.2 Å². The van der Waals surface area contributed by atoms with E-state index in [4.69, 9.17) is 28.3 Å². The van der Waals surface area contributed by atoms with E-state index in [-0.39, 0.29) is 21.3 Å². The van der Waals surface area contributed by atoms with Gasteiger partial charge in [0.2, 0.25) is 0 Å². The monoisotopic (exact) mass is 363 g/mol. The van der Waals surface area contributed by atoms with Crippen LogP contribution in [0.2, 0.25) is 10.0 Å². The highest BCUT2D eigenvalue weighted by Gasteiger charge is 2.23. The summed E-state index contributed by atoms with van der Waals surface area (Å²) in [6.07, 6.45) is 0. The fourth-order valence-corrected chi connectivity index (χ4v) is 3.51. The minimum absolute atomic E-state index is 0.240. The third kappa shape index (κ3) is 3.32. The van der Waals surface area contributed by atoms with Crippen molar-refractivity contribution >= 4 is 44.9 Å². The summed E-state index contributed by atoms with van der Waals surface area (Å²) in [5.41, 5.74) is -0.654. The average molecular weight is 364 g/mol. The molecule has 5 nitrogen and oxygen atoms in total. The van der Waals surface area contributed by atoms with Crippen molar-refractivity contribution in [1.29, 1.82) is 0 Å².